The molecular weight excluding hydrogens is 242 g/mol. The molecule has 0 saturated carbocycles. The zero-order valence-corrected chi connectivity index (χ0v) is 11.6. The summed E-state index contributed by atoms with van der Waals surface area (Å²) in [6.07, 6.45) is 2.22. The van der Waals surface area contributed by atoms with Crippen LogP contribution in [-0.4, -0.2) is 31.8 Å². The average Bonchev–Trinajstić information content (AvgIpc) is 2.67. The van der Waals surface area contributed by atoms with Crippen molar-refractivity contribution in [3.05, 3.63) is 29.8 Å². The number of hydrogen-bond acceptors (Lipinski definition) is 4. The maximum absolute atomic E-state index is 12.2. The van der Waals surface area contributed by atoms with E-state index < -0.39 is 5.54 Å². The molecule has 1 fully saturated rings. The molecule has 1 saturated heterocycles. The largest absolute Gasteiger partial charge is 0.467 e. The van der Waals surface area contributed by atoms with Gasteiger partial charge in [-0.05, 0) is 31.4 Å². The molecule has 1 aromatic carbocycles. The quantitative estimate of drug-likeness (QED) is 0.851. The minimum absolute atomic E-state index is 0.207. The van der Waals surface area contributed by atoms with Gasteiger partial charge in [-0.15, -0.1) is 0 Å². The first kappa shape index (κ1) is 13.9. The number of aryl methyl sites for hydroxylation is 1. The van der Waals surface area contributed by atoms with Gasteiger partial charge in [0.2, 0.25) is 0 Å². The third kappa shape index (κ3) is 3.07. The summed E-state index contributed by atoms with van der Waals surface area (Å²) >= 11 is 0. The van der Waals surface area contributed by atoms with Crippen molar-refractivity contribution in [2.24, 2.45) is 0 Å². The molecule has 0 radical (unpaired) electrons. The molecule has 2 rings (SSSR count). The summed E-state index contributed by atoms with van der Waals surface area (Å²) in [6.45, 7) is 3.31. The van der Waals surface area contributed by atoms with E-state index >= 15 is 0 Å². The average molecular weight is 263 g/mol. The summed E-state index contributed by atoms with van der Waals surface area (Å²) in [5.74, 6) is -0.207. The first-order valence-corrected chi connectivity index (χ1v) is 6.68. The van der Waals surface area contributed by atoms with Crippen LogP contribution in [0.3, 0.4) is 0 Å². The van der Waals surface area contributed by atoms with Crippen LogP contribution >= 0.6 is 0 Å². The summed E-state index contributed by atoms with van der Waals surface area (Å²) in [7, 11) is 1.44. The highest BCUT2D eigenvalue weighted by atomic mass is 16.5. The standard InChI is InChI=1S/C15H21NO3/c1-12-6-3-4-7-13(12)16-15(14(17)18-2)8-5-10-19-11-9-15/h3-4,6-7,16H,5,8-11H2,1-2H3. The van der Waals surface area contributed by atoms with Crippen LogP contribution in [0.5, 0.6) is 0 Å². The van der Waals surface area contributed by atoms with Crippen LogP contribution < -0.4 is 5.32 Å². The van der Waals surface area contributed by atoms with Gasteiger partial charge in [-0.25, -0.2) is 4.79 Å². The fourth-order valence-corrected chi connectivity index (χ4v) is 2.50. The monoisotopic (exact) mass is 263 g/mol. The number of hydrogen-bond donors (Lipinski definition) is 1. The maximum Gasteiger partial charge on any atom is 0.331 e. The van der Waals surface area contributed by atoms with E-state index in [1.54, 1.807) is 0 Å². The number of para-hydroxylation sites is 1. The van der Waals surface area contributed by atoms with Crippen molar-refractivity contribution in [3.63, 3.8) is 0 Å². The zero-order valence-electron chi connectivity index (χ0n) is 11.6. The molecule has 1 aliphatic rings. The van der Waals surface area contributed by atoms with Crippen molar-refractivity contribution >= 4 is 11.7 Å². The Bertz CT molecular complexity index is 437. The molecule has 1 unspecified atom stereocenters. The van der Waals surface area contributed by atoms with Gasteiger partial charge < -0.3 is 14.8 Å². The van der Waals surface area contributed by atoms with Gasteiger partial charge in [-0.3, -0.25) is 0 Å². The number of methoxy groups -OCH3 is 1. The fourth-order valence-electron chi connectivity index (χ4n) is 2.50. The predicted octanol–water partition coefficient (Wildman–Crippen LogP) is 2.52. The van der Waals surface area contributed by atoms with Crippen molar-refractivity contribution in [2.45, 2.75) is 31.7 Å². The number of benzene rings is 1. The SMILES string of the molecule is COC(=O)C1(Nc2ccccc2C)CCCOCC1. The number of ether oxygens (including phenoxy) is 2. The number of carbonyl (C=O) groups is 1. The lowest BCUT2D eigenvalue weighted by Crippen LogP contribution is -2.47. The smallest absolute Gasteiger partial charge is 0.331 e. The van der Waals surface area contributed by atoms with Crippen molar-refractivity contribution in [1.82, 2.24) is 0 Å². The molecule has 1 aromatic rings. The summed E-state index contributed by atoms with van der Waals surface area (Å²) < 4.78 is 10.5. The molecule has 0 amide bonds. The van der Waals surface area contributed by atoms with Crippen molar-refractivity contribution in [2.75, 3.05) is 25.6 Å². The highest BCUT2D eigenvalue weighted by molar-refractivity contribution is 5.84. The second kappa shape index (κ2) is 6.06. The predicted molar refractivity (Wildman–Crippen MR) is 74.2 cm³/mol. The first-order chi connectivity index (χ1) is 9.18. The van der Waals surface area contributed by atoms with Crippen LogP contribution in [0.25, 0.3) is 0 Å². The Labute approximate surface area is 114 Å². The van der Waals surface area contributed by atoms with Gasteiger partial charge in [0.1, 0.15) is 5.54 Å². The summed E-state index contributed by atoms with van der Waals surface area (Å²) in [5.41, 5.74) is 1.43. The number of anilines is 1. The molecule has 1 atom stereocenters. The number of esters is 1. The second-order valence-electron chi connectivity index (χ2n) is 4.98. The molecule has 0 aliphatic carbocycles. The van der Waals surface area contributed by atoms with Crippen LogP contribution in [-0.2, 0) is 14.3 Å². The van der Waals surface area contributed by atoms with Gasteiger partial charge in [0.25, 0.3) is 0 Å². The Balaban J connectivity index is 2.27. The molecule has 1 N–H and O–H groups in total. The van der Waals surface area contributed by atoms with Crippen molar-refractivity contribution < 1.29 is 14.3 Å². The van der Waals surface area contributed by atoms with Crippen molar-refractivity contribution in [3.8, 4) is 0 Å². The molecule has 4 nitrogen and oxygen atoms in total. The molecule has 4 heteroatoms. The number of nitrogens with one attached hydrogen (secondary N) is 1. The molecule has 104 valence electrons. The minimum atomic E-state index is -0.669. The van der Waals surface area contributed by atoms with E-state index in [-0.39, 0.29) is 5.97 Å². The Kier molecular flexibility index (Phi) is 4.43. The van der Waals surface area contributed by atoms with Gasteiger partial charge in [0.05, 0.1) is 7.11 Å². The van der Waals surface area contributed by atoms with Gasteiger partial charge in [0, 0.05) is 25.3 Å². The summed E-state index contributed by atoms with van der Waals surface area (Å²) in [5, 5.41) is 3.40. The maximum atomic E-state index is 12.2. The minimum Gasteiger partial charge on any atom is -0.467 e. The molecule has 0 bridgehead atoms. The highest BCUT2D eigenvalue weighted by Crippen LogP contribution is 2.29. The zero-order chi connectivity index (χ0) is 13.7. The topological polar surface area (TPSA) is 47.6 Å². The third-order valence-corrected chi connectivity index (χ3v) is 3.66. The Hall–Kier alpha value is -1.55. The van der Waals surface area contributed by atoms with Crippen molar-refractivity contribution in [1.29, 1.82) is 0 Å². The number of carbonyl (C=O) groups excluding carboxylic acids is 1. The highest BCUT2D eigenvalue weighted by Gasteiger charge is 2.40. The lowest BCUT2D eigenvalue weighted by Gasteiger charge is -2.32. The van der Waals surface area contributed by atoms with Gasteiger partial charge in [-0.1, -0.05) is 18.2 Å². The fraction of sp³-hybridized carbons (Fsp3) is 0.533. The summed E-state index contributed by atoms with van der Waals surface area (Å²) in [6, 6.07) is 7.97. The first-order valence-electron chi connectivity index (χ1n) is 6.68. The van der Waals surface area contributed by atoms with Gasteiger partial charge in [0.15, 0.2) is 0 Å². The van der Waals surface area contributed by atoms with Crippen LogP contribution in [0.2, 0.25) is 0 Å². The van der Waals surface area contributed by atoms with E-state index in [0.29, 0.717) is 19.6 Å². The van der Waals surface area contributed by atoms with Crippen LogP contribution in [0.4, 0.5) is 5.69 Å². The Morgan fingerprint density at radius 1 is 1.32 bits per heavy atom. The Morgan fingerprint density at radius 3 is 2.84 bits per heavy atom. The molecule has 0 aromatic heterocycles. The molecule has 1 aliphatic heterocycles. The normalized spacial score (nSPS) is 23.5. The molecule has 1 heterocycles. The van der Waals surface area contributed by atoms with Crippen LogP contribution in [0, 0.1) is 6.92 Å². The number of rotatable bonds is 3. The van der Waals surface area contributed by atoms with E-state index in [1.165, 1.54) is 7.11 Å². The van der Waals surface area contributed by atoms with E-state index in [4.69, 9.17) is 9.47 Å². The lowest BCUT2D eigenvalue weighted by atomic mass is 9.89. The van der Waals surface area contributed by atoms with Gasteiger partial charge in [-0.2, -0.15) is 0 Å². The van der Waals surface area contributed by atoms with E-state index in [9.17, 15) is 4.79 Å². The summed E-state index contributed by atoms with van der Waals surface area (Å²) in [4.78, 5) is 12.2. The van der Waals surface area contributed by atoms with Crippen LogP contribution in [0.1, 0.15) is 24.8 Å². The lowest BCUT2D eigenvalue weighted by molar-refractivity contribution is -0.146. The molecule has 0 spiro atoms. The van der Waals surface area contributed by atoms with Gasteiger partial charge >= 0.3 is 5.97 Å². The molecular formula is C15H21NO3. The van der Waals surface area contributed by atoms with Crippen LogP contribution in [0.15, 0.2) is 24.3 Å². The second-order valence-corrected chi connectivity index (χ2v) is 4.98. The molecule has 19 heavy (non-hydrogen) atoms. The Morgan fingerprint density at radius 2 is 2.11 bits per heavy atom. The van der Waals surface area contributed by atoms with E-state index in [0.717, 1.165) is 24.1 Å². The third-order valence-electron chi connectivity index (χ3n) is 3.66. The van der Waals surface area contributed by atoms with E-state index in [1.807, 2.05) is 31.2 Å². The van der Waals surface area contributed by atoms with E-state index in [2.05, 4.69) is 5.32 Å².